The van der Waals surface area contributed by atoms with Crippen LogP contribution in [0.15, 0.2) is 0 Å². The highest BCUT2D eigenvalue weighted by atomic mass is 16.3. The molecule has 0 spiro atoms. The zero-order valence-electron chi connectivity index (χ0n) is 10.3. The number of carbonyl (C=O) groups excluding carboxylic acids is 1. The van der Waals surface area contributed by atoms with Crippen LogP contribution < -0.4 is 5.32 Å². The van der Waals surface area contributed by atoms with E-state index in [0.717, 1.165) is 13.0 Å². The van der Waals surface area contributed by atoms with E-state index in [2.05, 4.69) is 5.32 Å². The Hall–Kier alpha value is -0.610. The molecule has 4 nitrogen and oxygen atoms in total. The van der Waals surface area contributed by atoms with Gasteiger partial charge in [0.1, 0.15) is 0 Å². The molecule has 15 heavy (non-hydrogen) atoms. The molecule has 0 aliphatic carbocycles. The van der Waals surface area contributed by atoms with E-state index in [-0.39, 0.29) is 12.5 Å². The van der Waals surface area contributed by atoms with Crippen molar-refractivity contribution in [3.8, 4) is 0 Å². The number of hydrogen-bond acceptors (Lipinski definition) is 3. The molecule has 0 heterocycles. The molecule has 90 valence electrons. The summed E-state index contributed by atoms with van der Waals surface area (Å²) < 4.78 is 0. The largest absolute Gasteiger partial charge is 0.395 e. The third-order valence-corrected chi connectivity index (χ3v) is 2.30. The number of rotatable bonds is 7. The van der Waals surface area contributed by atoms with Crippen LogP contribution in [-0.2, 0) is 4.79 Å². The van der Waals surface area contributed by atoms with E-state index < -0.39 is 5.54 Å². The van der Waals surface area contributed by atoms with E-state index in [0.29, 0.717) is 13.1 Å². The van der Waals surface area contributed by atoms with Gasteiger partial charge >= 0.3 is 0 Å². The van der Waals surface area contributed by atoms with Gasteiger partial charge in [0.25, 0.3) is 0 Å². The van der Waals surface area contributed by atoms with Crippen molar-refractivity contribution >= 4 is 5.91 Å². The average molecular weight is 216 g/mol. The Balaban J connectivity index is 4.46. The Morgan fingerprint density at radius 2 is 1.93 bits per heavy atom. The maximum atomic E-state index is 12.1. The summed E-state index contributed by atoms with van der Waals surface area (Å²) >= 11 is 0. The molecular formula is C11H24N2O2. The molecule has 0 unspecified atom stereocenters. The molecule has 0 aliphatic heterocycles. The normalized spacial score (nSPS) is 11.5. The van der Waals surface area contributed by atoms with Gasteiger partial charge in [-0.25, -0.2) is 0 Å². The maximum absolute atomic E-state index is 12.1. The minimum atomic E-state index is -0.543. The quantitative estimate of drug-likeness (QED) is 0.655. The molecule has 0 saturated heterocycles. The monoisotopic (exact) mass is 216 g/mol. The molecule has 0 rings (SSSR count). The maximum Gasteiger partial charge on any atom is 0.242 e. The number of aliphatic hydroxyl groups excluding tert-OH is 1. The molecule has 4 heteroatoms. The highest BCUT2D eigenvalue weighted by Crippen LogP contribution is 2.08. The fourth-order valence-electron chi connectivity index (χ4n) is 1.62. The summed E-state index contributed by atoms with van der Waals surface area (Å²) in [6, 6.07) is 0. The van der Waals surface area contributed by atoms with Crippen LogP contribution in [-0.4, -0.2) is 47.7 Å². The van der Waals surface area contributed by atoms with Gasteiger partial charge in [-0.3, -0.25) is 4.79 Å². The van der Waals surface area contributed by atoms with Crippen LogP contribution in [0.2, 0.25) is 0 Å². The Kier molecular flexibility index (Phi) is 6.52. The van der Waals surface area contributed by atoms with E-state index in [9.17, 15) is 4.79 Å². The molecule has 0 bridgehead atoms. The van der Waals surface area contributed by atoms with Crippen molar-refractivity contribution in [2.24, 2.45) is 0 Å². The lowest BCUT2D eigenvalue weighted by Crippen LogP contribution is -2.54. The van der Waals surface area contributed by atoms with Crippen LogP contribution in [0.3, 0.4) is 0 Å². The van der Waals surface area contributed by atoms with Gasteiger partial charge in [-0.2, -0.15) is 0 Å². The third-order valence-electron chi connectivity index (χ3n) is 2.30. The molecule has 0 aliphatic rings. The van der Waals surface area contributed by atoms with E-state index >= 15 is 0 Å². The molecule has 0 saturated carbocycles. The summed E-state index contributed by atoms with van der Waals surface area (Å²) in [6.07, 6.45) is 0.911. The topological polar surface area (TPSA) is 52.6 Å². The fourth-order valence-corrected chi connectivity index (χ4v) is 1.62. The Labute approximate surface area is 92.7 Å². The zero-order valence-corrected chi connectivity index (χ0v) is 10.3. The summed E-state index contributed by atoms with van der Waals surface area (Å²) in [7, 11) is 0. The number of amides is 1. The van der Waals surface area contributed by atoms with E-state index in [1.807, 2.05) is 27.7 Å². The Morgan fingerprint density at radius 1 is 1.33 bits per heavy atom. The van der Waals surface area contributed by atoms with Gasteiger partial charge in [-0.15, -0.1) is 0 Å². The zero-order chi connectivity index (χ0) is 11.9. The molecule has 2 N–H and O–H groups in total. The van der Waals surface area contributed by atoms with Gasteiger partial charge in [0.15, 0.2) is 0 Å². The van der Waals surface area contributed by atoms with Crippen LogP contribution in [0.25, 0.3) is 0 Å². The predicted octanol–water partition coefficient (Wildman–Crippen LogP) is 0.605. The number of aliphatic hydroxyl groups is 1. The van der Waals surface area contributed by atoms with E-state index in [1.165, 1.54) is 0 Å². The number of hydrogen-bond donors (Lipinski definition) is 2. The number of nitrogens with zero attached hydrogens (tertiary/aromatic N) is 1. The van der Waals surface area contributed by atoms with Crippen molar-refractivity contribution in [3.05, 3.63) is 0 Å². The summed E-state index contributed by atoms with van der Waals surface area (Å²) in [6.45, 7) is 9.66. The van der Waals surface area contributed by atoms with Gasteiger partial charge < -0.3 is 15.3 Å². The van der Waals surface area contributed by atoms with E-state index in [1.54, 1.807) is 4.90 Å². The van der Waals surface area contributed by atoms with Crippen molar-refractivity contribution in [1.82, 2.24) is 10.2 Å². The van der Waals surface area contributed by atoms with Crippen LogP contribution in [0.5, 0.6) is 0 Å². The van der Waals surface area contributed by atoms with E-state index in [4.69, 9.17) is 5.11 Å². The molecule has 0 atom stereocenters. The van der Waals surface area contributed by atoms with Gasteiger partial charge in [-0.05, 0) is 26.8 Å². The minimum Gasteiger partial charge on any atom is -0.395 e. The van der Waals surface area contributed by atoms with Crippen LogP contribution in [0, 0.1) is 0 Å². The number of carbonyl (C=O) groups is 1. The molecule has 0 radical (unpaired) electrons. The lowest BCUT2D eigenvalue weighted by atomic mass is 10.0. The Morgan fingerprint density at radius 3 is 2.33 bits per heavy atom. The SMILES string of the molecule is CCCN(CCO)C(=O)C(C)(C)NCC. The molecule has 0 aromatic carbocycles. The average Bonchev–Trinajstić information content (AvgIpc) is 2.16. The Bertz CT molecular complexity index is 187. The van der Waals surface area contributed by atoms with Gasteiger partial charge in [0.05, 0.1) is 12.1 Å². The summed E-state index contributed by atoms with van der Waals surface area (Å²) in [4.78, 5) is 13.8. The smallest absolute Gasteiger partial charge is 0.242 e. The summed E-state index contributed by atoms with van der Waals surface area (Å²) in [5.41, 5.74) is -0.543. The second-order valence-corrected chi connectivity index (χ2v) is 4.17. The van der Waals surface area contributed by atoms with Gasteiger partial charge in [-0.1, -0.05) is 13.8 Å². The number of nitrogens with one attached hydrogen (secondary N) is 1. The van der Waals surface area contributed by atoms with Gasteiger partial charge in [0.2, 0.25) is 5.91 Å². The first kappa shape index (κ1) is 14.4. The molecule has 0 aromatic rings. The second kappa shape index (κ2) is 6.80. The fraction of sp³-hybridized carbons (Fsp3) is 0.909. The van der Waals surface area contributed by atoms with Crippen molar-refractivity contribution in [1.29, 1.82) is 0 Å². The van der Waals surface area contributed by atoms with Crippen LogP contribution in [0.1, 0.15) is 34.1 Å². The third kappa shape index (κ3) is 4.62. The van der Waals surface area contributed by atoms with Crippen molar-refractivity contribution in [3.63, 3.8) is 0 Å². The minimum absolute atomic E-state index is 0.0218. The number of likely N-dealkylation sites (N-methyl/N-ethyl adjacent to an activating group) is 1. The highest BCUT2D eigenvalue weighted by Gasteiger charge is 2.30. The standard InChI is InChI=1S/C11H24N2O2/c1-5-7-13(8-9-14)10(15)11(3,4)12-6-2/h12,14H,5-9H2,1-4H3. The lowest BCUT2D eigenvalue weighted by molar-refractivity contribution is -0.137. The highest BCUT2D eigenvalue weighted by molar-refractivity contribution is 5.85. The van der Waals surface area contributed by atoms with Crippen molar-refractivity contribution in [2.75, 3.05) is 26.2 Å². The van der Waals surface area contributed by atoms with Crippen LogP contribution >= 0.6 is 0 Å². The first-order valence-electron chi connectivity index (χ1n) is 5.64. The molecule has 1 amide bonds. The molecular weight excluding hydrogens is 192 g/mol. The van der Waals surface area contributed by atoms with Crippen molar-refractivity contribution in [2.45, 2.75) is 39.7 Å². The predicted molar refractivity (Wildman–Crippen MR) is 61.7 cm³/mol. The first-order chi connectivity index (χ1) is 6.99. The lowest BCUT2D eigenvalue weighted by Gasteiger charge is -2.32. The first-order valence-corrected chi connectivity index (χ1v) is 5.64. The summed E-state index contributed by atoms with van der Waals surface area (Å²) in [5.74, 6) is 0.0558. The summed E-state index contributed by atoms with van der Waals surface area (Å²) in [5, 5.41) is 12.0. The molecule has 0 fully saturated rings. The molecule has 0 aromatic heterocycles. The van der Waals surface area contributed by atoms with Crippen molar-refractivity contribution < 1.29 is 9.90 Å². The second-order valence-electron chi connectivity index (χ2n) is 4.17. The van der Waals surface area contributed by atoms with Crippen LogP contribution in [0.4, 0.5) is 0 Å². The van der Waals surface area contributed by atoms with Gasteiger partial charge in [0, 0.05) is 13.1 Å².